The van der Waals surface area contributed by atoms with Crippen LogP contribution >= 0.6 is 0 Å². The summed E-state index contributed by atoms with van der Waals surface area (Å²) in [7, 11) is 0. The summed E-state index contributed by atoms with van der Waals surface area (Å²) in [5.41, 5.74) is 5.29. The Kier molecular flexibility index (Phi) is 2.25. The Bertz CT molecular complexity index is 420. The van der Waals surface area contributed by atoms with E-state index in [1.807, 2.05) is 0 Å². The molecule has 1 saturated carbocycles. The average Bonchev–Trinajstić information content (AvgIpc) is 2.10. The van der Waals surface area contributed by atoms with Crippen molar-refractivity contribution in [1.82, 2.24) is 4.57 Å². The van der Waals surface area contributed by atoms with E-state index in [9.17, 15) is 13.6 Å². The van der Waals surface area contributed by atoms with Gasteiger partial charge in [-0.15, -0.1) is 0 Å². The lowest BCUT2D eigenvalue weighted by molar-refractivity contribution is -0.114. The Morgan fingerprint density at radius 2 is 2.20 bits per heavy atom. The first-order valence-corrected chi connectivity index (χ1v) is 4.81. The Morgan fingerprint density at radius 3 is 2.80 bits per heavy atom. The molecule has 0 radical (unpaired) electrons. The number of aromatic nitrogens is 1. The summed E-state index contributed by atoms with van der Waals surface area (Å²) in [5.74, 6) is -2.64. The molecule has 2 rings (SSSR count). The number of halogens is 2. The predicted molar refractivity (Wildman–Crippen MR) is 52.8 cm³/mol. The molecule has 2 N–H and O–H groups in total. The summed E-state index contributed by atoms with van der Waals surface area (Å²) in [5, 5.41) is 0. The largest absolute Gasteiger partial charge is 0.394 e. The summed E-state index contributed by atoms with van der Waals surface area (Å²) >= 11 is 0. The molecule has 5 heteroatoms. The summed E-state index contributed by atoms with van der Waals surface area (Å²) in [6, 6.07) is 3.15. The minimum Gasteiger partial charge on any atom is -0.394 e. The van der Waals surface area contributed by atoms with E-state index in [-0.39, 0.29) is 30.0 Å². The van der Waals surface area contributed by atoms with Crippen molar-refractivity contribution in [3.63, 3.8) is 0 Å². The molecule has 0 saturated heterocycles. The highest BCUT2D eigenvalue weighted by Crippen LogP contribution is 2.42. The van der Waals surface area contributed by atoms with Crippen LogP contribution in [0.1, 0.15) is 12.8 Å². The Labute approximate surface area is 85.5 Å². The number of alkyl halides is 2. The fraction of sp³-hybridized carbons (Fsp3) is 0.500. The molecule has 0 bridgehead atoms. The molecular weight excluding hydrogens is 202 g/mol. The van der Waals surface area contributed by atoms with Gasteiger partial charge in [0.05, 0.1) is 5.69 Å². The molecule has 0 unspecified atom stereocenters. The maximum atomic E-state index is 12.6. The molecule has 1 heterocycles. The first-order chi connectivity index (χ1) is 6.98. The van der Waals surface area contributed by atoms with E-state index in [2.05, 4.69) is 0 Å². The van der Waals surface area contributed by atoms with E-state index >= 15 is 0 Å². The second kappa shape index (κ2) is 3.32. The maximum absolute atomic E-state index is 12.6. The molecule has 0 spiro atoms. The van der Waals surface area contributed by atoms with Gasteiger partial charge in [0, 0.05) is 25.6 Å². The number of pyridine rings is 1. The van der Waals surface area contributed by atoms with E-state index in [0.29, 0.717) is 6.54 Å². The van der Waals surface area contributed by atoms with Crippen LogP contribution in [-0.2, 0) is 6.54 Å². The van der Waals surface area contributed by atoms with Crippen LogP contribution in [0.2, 0.25) is 0 Å². The van der Waals surface area contributed by atoms with Crippen LogP contribution in [0.25, 0.3) is 0 Å². The van der Waals surface area contributed by atoms with Crippen molar-refractivity contribution in [3.05, 3.63) is 28.7 Å². The monoisotopic (exact) mass is 214 g/mol. The smallest absolute Gasteiger partial charge is 0.273 e. The minimum atomic E-state index is -2.53. The second-order valence-corrected chi connectivity index (χ2v) is 4.05. The zero-order valence-electron chi connectivity index (χ0n) is 8.12. The first-order valence-electron chi connectivity index (χ1n) is 4.81. The SMILES string of the molecule is Nc1cccn(CC2CC(F)(F)C2)c1=O. The van der Waals surface area contributed by atoms with Crippen molar-refractivity contribution in [3.8, 4) is 0 Å². The Balaban J connectivity index is 2.07. The highest BCUT2D eigenvalue weighted by atomic mass is 19.3. The number of nitrogens with zero attached hydrogens (tertiary/aromatic N) is 1. The highest BCUT2D eigenvalue weighted by molar-refractivity contribution is 5.33. The fourth-order valence-corrected chi connectivity index (χ4v) is 1.89. The van der Waals surface area contributed by atoms with Gasteiger partial charge in [0.15, 0.2) is 0 Å². The Morgan fingerprint density at radius 1 is 1.53 bits per heavy atom. The maximum Gasteiger partial charge on any atom is 0.273 e. The average molecular weight is 214 g/mol. The van der Waals surface area contributed by atoms with Crippen LogP contribution in [0.15, 0.2) is 23.1 Å². The Hall–Kier alpha value is -1.39. The number of anilines is 1. The number of rotatable bonds is 2. The van der Waals surface area contributed by atoms with Gasteiger partial charge >= 0.3 is 0 Å². The normalized spacial score (nSPS) is 19.9. The van der Waals surface area contributed by atoms with E-state index < -0.39 is 5.92 Å². The molecule has 3 nitrogen and oxygen atoms in total. The van der Waals surface area contributed by atoms with Crippen molar-refractivity contribution >= 4 is 5.69 Å². The van der Waals surface area contributed by atoms with E-state index in [0.717, 1.165) is 0 Å². The van der Waals surface area contributed by atoms with Crippen molar-refractivity contribution in [2.24, 2.45) is 5.92 Å². The quantitative estimate of drug-likeness (QED) is 0.810. The van der Waals surface area contributed by atoms with Crippen LogP contribution in [0.3, 0.4) is 0 Å². The van der Waals surface area contributed by atoms with Crippen molar-refractivity contribution in [1.29, 1.82) is 0 Å². The van der Waals surface area contributed by atoms with Gasteiger partial charge in [0.25, 0.3) is 5.56 Å². The lowest BCUT2D eigenvalue weighted by Gasteiger charge is -2.35. The standard InChI is InChI=1S/C10H12F2N2O/c11-10(12)4-7(5-10)6-14-3-1-2-8(13)9(14)15/h1-3,7H,4-6,13H2. The van der Waals surface area contributed by atoms with Gasteiger partial charge in [-0.2, -0.15) is 0 Å². The molecule has 15 heavy (non-hydrogen) atoms. The molecular formula is C10H12F2N2O. The summed E-state index contributed by atoms with van der Waals surface area (Å²) in [6.07, 6.45) is 1.32. The third kappa shape index (κ3) is 2.00. The van der Waals surface area contributed by atoms with Gasteiger partial charge in [-0.1, -0.05) is 0 Å². The first kappa shape index (κ1) is 10.1. The molecule has 1 aromatic rings. The van der Waals surface area contributed by atoms with Crippen LogP contribution in [0, 0.1) is 5.92 Å². The van der Waals surface area contributed by atoms with Gasteiger partial charge in [-0.05, 0) is 18.1 Å². The molecule has 0 aromatic carbocycles. The lowest BCUT2D eigenvalue weighted by Crippen LogP contribution is -2.39. The topological polar surface area (TPSA) is 48.0 Å². The molecule has 1 fully saturated rings. The lowest BCUT2D eigenvalue weighted by atomic mass is 9.81. The predicted octanol–water partition coefficient (Wildman–Crippen LogP) is 1.48. The highest BCUT2D eigenvalue weighted by Gasteiger charge is 2.45. The number of nitrogens with two attached hydrogens (primary N) is 1. The summed E-state index contributed by atoms with van der Waals surface area (Å²) in [4.78, 5) is 11.5. The third-order valence-corrected chi connectivity index (χ3v) is 2.68. The molecule has 1 aromatic heterocycles. The molecule has 0 aliphatic heterocycles. The minimum absolute atomic E-state index is 0.112. The van der Waals surface area contributed by atoms with Crippen molar-refractivity contribution < 1.29 is 8.78 Å². The van der Waals surface area contributed by atoms with Gasteiger partial charge < -0.3 is 10.3 Å². The molecule has 1 aliphatic carbocycles. The van der Waals surface area contributed by atoms with E-state index in [1.54, 1.807) is 12.3 Å². The second-order valence-electron chi connectivity index (χ2n) is 4.05. The third-order valence-electron chi connectivity index (χ3n) is 2.68. The zero-order valence-corrected chi connectivity index (χ0v) is 8.12. The van der Waals surface area contributed by atoms with Crippen molar-refractivity contribution in [2.45, 2.75) is 25.3 Å². The van der Waals surface area contributed by atoms with Crippen LogP contribution in [-0.4, -0.2) is 10.5 Å². The van der Waals surface area contributed by atoms with Gasteiger partial charge in [-0.3, -0.25) is 4.79 Å². The molecule has 0 atom stereocenters. The van der Waals surface area contributed by atoms with Crippen molar-refractivity contribution in [2.75, 3.05) is 5.73 Å². The van der Waals surface area contributed by atoms with Crippen LogP contribution in [0.5, 0.6) is 0 Å². The zero-order chi connectivity index (χ0) is 11.1. The molecule has 1 aliphatic rings. The molecule has 82 valence electrons. The van der Waals surface area contributed by atoms with E-state index in [1.165, 1.54) is 10.6 Å². The van der Waals surface area contributed by atoms with Gasteiger partial charge in [-0.25, -0.2) is 8.78 Å². The van der Waals surface area contributed by atoms with E-state index in [4.69, 9.17) is 5.73 Å². The summed E-state index contributed by atoms with van der Waals surface area (Å²) < 4.78 is 26.5. The molecule has 0 amide bonds. The van der Waals surface area contributed by atoms with Gasteiger partial charge in [0.1, 0.15) is 0 Å². The number of hydrogen-bond donors (Lipinski definition) is 1. The van der Waals surface area contributed by atoms with Gasteiger partial charge in [0.2, 0.25) is 5.92 Å². The number of nitrogen functional groups attached to an aromatic ring is 1. The van der Waals surface area contributed by atoms with Crippen LogP contribution < -0.4 is 11.3 Å². The number of hydrogen-bond acceptors (Lipinski definition) is 2. The fourth-order valence-electron chi connectivity index (χ4n) is 1.89. The van der Waals surface area contributed by atoms with Crippen LogP contribution in [0.4, 0.5) is 14.5 Å². The summed E-state index contributed by atoms with van der Waals surface area (Å²) in [6.45, 7) is 0.333.